The molecule has 0 N–H and O–H groups in total. The molecule has 170 valence electrons. The van der Waals surface area contributed by atoms with E-state index in [-0.39, 0.29) is 11.9 Å². The highest BCUT2D eigenvalue weighted by Gasteiger charge is 2.30. The number of benzene rings is 1. The van der Waals surface area contributed by atoms with Crippen LogP contribution in [0.5, 0.6) is 0 Å². The fourth-order valence-corrected chi connectivity index (χ4v) is 5.96. The maximum Gasteiger partial charge on any atom is 0.340 e. The first kappa shape index (κ1) is 24.9. The van der Waals surface area contributed by atoms with Gasteiger partial charge >= 0.3 is 5.97 Å². The van der Waals surface area contributed by atoms with E-state index in [0.717, 1.165) is 31.2 Å². The summed E-state index contributed by atoms with van der Waals surface area (Å²) in [4.78, 5) is 18.4. The van der Waals surface area contributed by atoms with Crippen LogP contribution in [0, 0.1) is 6.92 Å². The van der Waals surface area contributed by atoms with Crippen molar-refractivity contribution in [1.82, 2.24) is 9.55 Å². The zero-order valence-corrected chi connectivity index (χ0v) is 22.4. The van der Waals surface area contributed by atoms with Crippen molar-refractivity contribution in [2.24, 2.45) is 0 Å². The van der Waals surface area contributed by atoms with Crippen LogP contribution in [-0.2, 0) is 11.3 Å². The summed E-state index contributed by atoms with van der Waals surface area (Å²) in [5, 5.41) is 1.67. The molecule has 0 aliphatic heterocycles. The van der Waals surface area contributed by atoms with Crippen LogP contribution in [0.2, 0.25) is 5.02 Å². The van der Waals surface area contributed by atoms with Gasteiger partial charge in [-0.05, 0) is 69.5 Å². The molecule has 2 aromatic heterocycles. The molecule has 0 radical (unpaired) electrons. The van der Waals surface area contributed by atoms with Crippen molar-refractivity contribution in [3.05, 3.63) is 74.6 Å². The number of aromatic nitrogens is 2. The van der Waals surface area contributed by atoms with Gasteiger partial charge in [-0.15, -0.1) is 0 Å². The Morgan fingerprint density at radius 3 is 2.44 bits per heavy atom. The standard InChI is InChI=1S/C25H28BrClN2O2S/c1-15(2)21-22(24(30)31-25(4,5)6)16(3)29(14-17-7-9-28-10-8-17)23(21)32-20-12-18(26)11-19(27)13-20/h7-13,15H,14H2,1-6H3. The molecule has 2 heterocycles. The van der Waals surface area contributed by atoms with Gasteiger partial charge in [0, 0.05) is 44.6 Å². The number of ether oxygens (including phenoxy) is 1. The number of carbonyl (C=O) groups excluding carboxylic acids is 1. The van der Waals surface area contributed by atoms with Gasteiger partial charge in [0.25, 0.3) is 0 Å². The van der Waals surface area contributed by atoms with E-state index in [9.17, 15) is 4.79 Å². The first-order valence-corrected chi connectivity index (χ1v) is 12.4. The van der Waals surface area contributed by atoms with Crippen LogP contribution >= 0.6 is 39.3 Å². The van der Waals surface area contributed by atoms with Gasteiger partial charge in [-0.2, -0.15) is 0 Å². The maximum atomic E-state index is 13.3. The molecular weight excluding hydrogens is 508 g/mol. The Labute approximate surface area is 207 Å². The predicted octanol–water partition coefficient (Wildman–Crippen LogP) is 7.89. The van der Waals surface area contributed by atoms with Gasteiger partial charge in [0.1, 0.15) is 5.60 Å². The van der Waals surface area contributed by atoms with Crippen molar-refractivity contribution in [1.29, 1.82) is 0 Å². The number of esters is 1. The van der Waals surface area contributed by atoms with Crippen molar-refractivity contribution in [3.63, 3.8) is 0 Å². The molecule has 0 fully saturated rings. The van der Waals surface area contributed by atoms with E-state index in [4.69, 9.17) is 16.3 Å². The lowest BCUT2D eigenvalue weighted by atomic mass is 10.0. The van der Waals surface area contributed by atoms with Crippen molar-refractivity contribution in [2.45, 2.75) is 69.5 Å². The molecule has 0 aliphatic carbocycles. The quantitative estimate of drug-likeness (QED) is 0.301. The first-order chi connectivity index (χ1) is 15.0. The molecule has 0 saturated heterocycles. The monoisotopic (exact) mass is 534 g/mol. The molecule has 1 aromatic carbocycles. The number of nitrogens with zero attached hydrogens (tertiary/aromatic N) is 2. The molecule has 7 heteroatoms. The average Bonchev–Trinajstić information content (AvgIpc) is 2.93. The van der Waals surface area contributed by atoms with Crippen LogP contribution in [0.25, 0.3) is 0 Å². The summed E-state index contributed by atoms with van der Waals surface area (Å²) in [6, 6.07) is 9.82. The van der Waals surface area contributed by atoms with Crippen molar-refractivity contribution in [3.8, 4) is 0 Å². The largest absolute Gasteiger partial charge is 0.456 e. The van der Waals surface area contributed by atoms with E-state index in [1.165, 1.54) is 0 Å². The maximum absolute atomic E-state index is 13.3. The first-order valence-electron chi connectivity index (χ1n) is 10.5. The molecule has 3 rings (SSSR count). The molecule has 0 unspecified atom stereocenters. The molecule has 0 spiro atoms. The predicted molar refractivity (Wildman–Crippen MR) is 135 cm³/mol. The third-order valence-electron chi connectivity index (χ3n) is 4.83. The molecule has 0 bridgehead atoms. The second-order valence-corrected chi connectivity index (χ2v) is 11.4. The second kappa shape index (κ2) is 10.0. The summed E-state index contributed by atoms with van der Waals surface area (Å²) in [5.41, 5.74) is 3.07. The molecule has 0 saturated carbocycles. The van der Waals surface area contributed by atoms with Gasteiger partial charge < -0.3 is 9.30 Å². The fraction of sp³-hybridized carbons (Fsp3) is 0.360. The van der Waals surface area contributed by atoms with Gasteiger partial charge in [-0.25, -0.2) is 4.79 Å². The molecule has 0 amide bonds. The summed E-state index contributed by atoms with van der Waals surface area (Å²) in [6.45, 7) is 12.5. The highest BCUT2D eigenvalue weighted by molar-refractivity contribution is 9.10. The van der Waals surface area contributed by atoms with Crippen molar-refractivity contribution < 1.29 is 9.53 Å². The van der Waals surface area contributed by atoms with Crippen LogP contribution in [0.3, 0.4) is 0 Å². The normalized spacial score (nSPS) is 11.8. The third-order valence-corrected chi connectivity index (χ3v) is 6.61. The lowest BCUT2D eigenvalue weighted by Crippen LogP contribution is -2.25. The highest BCUT2D eigenvalue weighted by atomic mass is 79.9. The summed E-state index contributed by atoms with van der Waals surface area (Å²) in [6.07, 6.45) is 3.57. The topological polar surface area (TPSA) is 44.1 Å². The van der Waals surface area contributed by atoms with Gasteiger partial charge in [0.15, 0.2) is 0 Å². The number of pyridine rings is 1. The van der Waals surface area contributed by atoms with Crippen LogP contribution in [-0.4, -0.2) is 21.1 Å². The molecular formula is C25H28BrClN2O2S. The minimum Gasteiger partial charge on any atom is -0.456 e. The lowest BCUT2D eigenvalue weighted by molar-refractivity contribution is 0.00671. The van der Waals surface area contributed by atoms with E-state index in [0.29, 0.717) is 17.1 Å². The average molecular weight is 536 g/mol. The molecule has 3 aromatic rings. The Kier molecular flexibility index (Phi) is 7.79. The van der Waals surface area contributed by atoms with E-state index in [1.54, 1.807) is 24.2 Å². The van der Waals surface area contributed by atoms with E-state index in [1.807, 2.05) is 58.0 Å². The second-order valence-electron chi connectivity index (χ2n) is 8.98. The Hall–Kier alpha value is -1.76. The number of rotatable bonds is 6. The van der Waals surface area contributed by atoms with Crippen molar-refractivity contribution in [2.75, 3.05) is 0 Å². The number of hydrogen-bond acceptors (Lipinski definition) is 4. The van der Waals surface area contributed by atoms with Gasteiger partial charge in [-0.1, -0.05) is 53.1 Å². The molecule has 0 aliphatic rings. The minimum absolute atomic E-state index is 0.125. The van der Waals surface area contributed by atoms with Crippen LogP contribution in [0.1, 0.15) is 67.7 Å². The van der Waals surface area contributed by atoms with Crippen LogP contribution in [0.4, 0.5) is 0 Å². The van der Waals surface area contributed by atoms with Gasteiger partial charge in [0.05, 0.1) is 10.6 Å². The van der Waals surface area contributed by atoms with E-state index >= 15 is 0 Å². The molecule has 0 atom stereocenters. The van der Waals surface area contributed by atoms with Crippen molar-refractivity contribution >= 4 is 45.3 Å². The lowest BCUT2D eigenvalue weighted by Gasteiger charge is -2.20. The Bertz CT molecular complexity index is 1100. The van der Waals surface area contributed by atoms with Gasteiger partial charge in [-0.3, -0.25) is 4.98 Å². The highest BCUT2D eigenvalue weighted by Crippen LogP contribution is 2.41. The Morgan fingerprint density at radius 1 is 1.22 bits per heavy atom. The summed E-state index contributed by atoms with van der Waals surface area (Å²) < 4.78 is 8.91. The fourth-order valence-electron chi connectivity index (χ4n) is 3.53. The zero-order valence-electron chi connectivity index (χ0n) is 19.2. The Morgan fingerprint density at radius 2 is 1.88 bits per heavy atom. The van der Waals surface area contributed by atoms with E-state index < -0.39 is 5.60 Å². The number of halogens is 2. The SMILES string of the molecule is Cc1c(C(=O)OC(C)(C)C)c(C(C)C)c(Sc2cc(Cl)cc(Br)c2)n1Cc1ccncc1. The minimum atomic E-state index is -0.573. The Balaban J connectivity index is 2.20. The summed E-state index contributed by atoms with van der Waals surface area (Å²) >= 11 is 11.5. The van der Waals surface area contributed by atoms with Crippen LogP contribution in [0.15, 0.2) is 57.1 Å². The van der Waals surface area contributed by atoms with E-state index in [2.05, 4.69) is 39.3 Å². The summed E-state index contributed by atoms with van der Waals surface area (Å²) in [5.74, 6) is -0.165. The molecule has 4 nitrogen and oxygen atoms in total. The third kappa shape index (κ3) is 5.97. The number of hydrogen-bond donors (Lipinski definition) is 0. The van der Waals surface area contributed by atoms with Crippen LogP contribution < -0.4 is 0 Å². The number of carbonyl (C=O) groups is 1. The smallest absolute Gasteiger partial charge is 0.340 e. The summed E-state index contributed by atoms with van der Waals surface area (Å²) in [7, 11) is 0. The van der Waals surface area contributed by atoms with Gasteiger partial charge in [0.2, 0.25) is 0 Å². The molecule has 32 heavy (non-hydrogen) atoms. The zero-order chi connectivity index (χ0) is 23.6.